The van der Waals surface area contributed by atoms with Gasteiger partial charge in [0.2, 0.25) is 0 Å². The van der Waals surface area contributed by atoms with Crippen molar-refractivity contribution in [2.24, 2.45) is 11.8 Å². The summed E-state index contributed by atoms with van der Waals surface area (Å²) in [5, 5.41) is 8.45. The summed E-state index contributed by atoms with van der Waals surface area (Å²) in [6, 6.07) is 10.7. The van der Waals surface area contributed by atoms with Crippen LogP contribution in [0, 0.1) is 11.8 Å². The normalized spacial score (nSPS) is 19.3. The molecule has 26 heavy (non-hydrogen) atoms. The second kappa shape index (κ2) is 14.6. The van der Waals surface area contributed by atoms with Gasteiger partial charge in [0.1, 0.15) is 0 Å². The number of aliphatic carboxylic acids is 1. The molecular weight excluding hydrogens is 320 g/mol. The molecule has 146 valence electrons. The summed E-state index contributed by atoms with van der Waals surface area (Å²) in [6.07, 6.45) is 17.0. The Morgan fingerprint density at radius 2 is 1.88 bits per heavy atom. The predicted molar refractivity (Wildman–Crippen MR) is 111 cm³/mol. The van der Waals surface area contributed by atoms with Crippen LogP contribution in [0.1, 0.15) is 83.6 Å². The Hall–Kier alpha value is -1.57. The lowest BCUT2D eigenvalue weighted by Crippen LogP contribution is -2.01. The van der Waals surface area contributed by atoms with E-state index >= 15 is 0 Å². The van der Waals surface area contributed by atoms with Crippen molar-refractivity contribution in [2.45, 2.75) is 84.5 Å². The molecule has 1 unspecified atom stereocenters. The lowest BCUT2D eigenvalue weighted by Gasteiger charge is -2.11. The molecule has 0 saturated heterocycles. The van der Waals surface area contributed by atoms with Gasteiger partial charge in [-0.15, -0.1) is 0 Å². The van der Waals surface area contributed by atoms with Crippen molar-refractivity contribution < 1.29 is 9.90 Å². The van der Waals surface area contributed by atoms with Crippen LogP contribution in [0.4, 0.5) is 0 Å². The van der Waals surface area contributed by atoms with Crippen LogP contribution in [0.3, 0.4) is 0 Å². The quantitative estimate of drug-likeness (QED) is 0.359. The zero-order chi connectivity index (χ0) is 19.0. The maximum atomic E-state index is 10.3. The third kappa shape index (κ3) is 11.1. The van der Waals surface area contributed by atoms with Gasteiger partial charge in [0.15, 0.2) is 0 Å². The van der Waals surface area contributed by atoms with Crippen molar-refractivity contribution in [3.63, 3.8) is 0 Å². The highest BCUT2D eigenvalue weighted by molar-refractivity contribution is 5.66. The second-order valence-electron chi connectivity index (χ2n) is 7.60. The molecule has 2 nitrogen and oxygen atoms in total. The van der Waals surface area contributed by atoms with Crippen LogP contribution < -0.4 is 0 Å². The van der Waals surface area contributed by atoms with Gasteiger partial charge in [-0.1, -0.05) is 82.0 Å². The number of allylic oxidation sites excluding steroid dienone is 2. The monoisotopic (exact) mass is 358 g/mol. The first-order valence-corrected chi connectivity index (χ1v) is 10.5. The van der Waals surface area contributed by atoms with Gasteiger partial charge in [-0.25, -0.2) is 0 Å². The van der Waals surface area contributed by atoms with E-state index in [4.69, 9.17) is 5.11 Å². The van der Waals surface area contributed by atoms with Crippen LogP contribution in [-0.2, 0) is 11.2 Å². The molecule has 1 aliphatic rings. The van der Waals surface area contributed by atoms with Gasteiger partial charge >= 0.3 is 5.97 Å². The molecular formula is C24H38O2. The average molecular weight is 359 g/mol. The standard InChI is InChI=1S/C13H22O2.C11H16/c1-11-7-6-9-12(11)8-4-2-3-5-10-13(14)15;1-2-3-5-8-11-9-6-4-7-10-11/h2,4,11-12H,3,5-10H2,1H3,(H,14,15);4,6-7,9-10H,2-3,5,8H2,1H3/b4-2-;/t11?,12-;/m0./s1. The van der Waals surface area contributed by atoms with E-state index < -0.39 is 5.97 Å². The molecule has 1 saturated carbocycles. The summed E-state index contributed by atoms with van der Waals surface area (Å²) >= 11 is 0. The fourth-order valence-electron chi connectivity index (χ4n) is 3.56. The SMILES string of the molecule is CC1CCC[C@@H]1C/C=C\CCCC(=O)O.CCCCCc1ccccc1. The first-order valence-electron chi connectivity index (χ1n) is 10.5. The highest BCUT2D eigenvalue weighted by Crippen LogP contribution is 2.33. The van der Waals surface area contributed by atoms with E-state index in [-0.39, 0.29) is 0 Å². The van der Waals surface area contributed by atoms with E-state index in [0.29, 0.717) is 6.42 Å². The fraction of sp³-hybridized carbons (Fsp3) is 0.625. The van der Waals surface area contributed by atoms with Gasteiger partial charge in [0.25, 0.3) is 0 Å². The molecule has 0 bridgehead atoms. The lowest BCUT2D eigenvalue weighted by molar-refractivity contribution is -0.137. The highest BCUT2D eigenvalue weighted by atomic mass is 16.4. The number of hydrogen-bond acceptors (Lipinski definition) is 1. The third-order valence-electron chi connectivity index (χ3n) is 5.32. The number of carboxylic acid groups (broad SMARTS) is 1. The summed E-state index contributed by atoms with van der Waals surface area (Å²) < 4.78 is 0. The molecule has 1 aliphatic carbocycles. The Morgan fingerprint density at radius 1 is 1.12 bits per heavy atom. The fourth-order valence-corrected chi connectivity index (χ4v) is 3.56. The number of aryl methyl sites for hydroxylation is 1. The molecule has 0 radical (unpaired) electrons. The van der Waals surface area contributed by atoms with E-state index in [1.54, 1.807) is 0 Å². The van der Waals surface area contributed by atoms with E-state index in [2.05, 4.69) is 56.3 Å². The Bertz CT molecular complexity index is 492. The predicted octanol–water partition coefficient (Wildman–Crippen LogP) is 7.04. The van der Waals surface area contributed by atoms with Gasteiger partial charge in [-0.3, -0.25) is 4.79 Å². The highest BCUT2D eigenvalue weighted by Gasteiger charge is 2.21. The van der Waals surface area contributed by atoms with Gasteiger partial charge in [-0.2, -0.15) is 0 Å². The van der Waals surface area contributed by atoms with Crippen molar-refractivity contribution in [3.05, 3.63) is 48.0 Å². The molecule has 0 heterocycles. The van der Waals surface area contributed by atoms with Crippen LogP contribution in [-0.4, -0.2) is 11.1 Å². The van der Waals surface area contributed by atoms with Crippen LogP contribution in [0.15, 0.2) is 42.5 Å². The van der Waals surface area contributed by atoms with Crippen molar-refractivity contribution >= 4 is 5.97 Å². The largest absolute Gasteiger partial charge is 0.481 e. The number of carboxylic acids is 1. The zero-order valence-electron chi connectivity index (χ0n) is 16.8. The number of hydrogen-bond donors (Lipinski definition) is 1. The zero-order valence-corrected chi connectivity index (χ0v) is 16.8. The van der Waals surface area contributed by atoms with E-state index in [0.717, 1.165) is 24.7 Å². The minimum absolute atomic E-state index is 0.296. The number of carbonyl (C=O) groups is 1. The number of unbranched alkanes of at least 4 members (excludes halogenated alkanes) is 3. The van der Waals surface area contributed by atoms with E-state index in [9.17, 15) is 4.79 Å². The molecule has 0 amide bonds. The van der Waals surface area contributed by atoms with E-state index in [1.165, 1.54) is 56.9 Å². The number of rotatable bonds is 10. The summed E-state index contributed by atoms with van der Waals surface area (Å²) in [6.45, 7) is 4.58. The van der Waals surface area contributed by atoms with Gasteiger partial charge < -0.3 is 5.11 Å². The molecule has 2 rings (SSSR count). The molecule has 0 spiro atoms. The summed E-state index contributed by atoms with van der Waals surface area (Å²) in [7, 11) is 0. The van der Waals surface area contributed by atoms with Crippen LogP contribution in [0.5, 0.6) is 0 Å². The molecule has 1 aromatic carbocycles. The summed E-state index contributed by atoms with van der Waals surface area (Å²) in [5.74, 6) is 1.07. The molecule has 1 aromatic rings. The topological polar surface area (TPSA) is 37.3 Å². The molecule has 2 atom stereocenters. The molecule has 0 aliphatic heterocycles. The Balaban J connectivity index is 0.000000273. The first kappa shape index (κ1) is 22.5. The van der Waals surface area contributed by atoms with Crippen molar-refractivity contribution in [3.8, 4) is 0 Å². The number of benzene rings is 1. The Kier molecular flexibility index (Phi) is 12.6. The third-order valence-corrected chi connectivity index (χ3v) is 5.32. The minimum atomic E-state index is -0.687. The van der Waals surface area contributed by atoms with E-state index in [1.807, 2.05) is 0 Å². The minimum Gasteiger partial charge on any atom is -0.481 e. The van der Waals surface area contributed by atoms with Crippen LogP contribution in [0.2, 0.25) is 0 Å². The first-order chi connectivity index (χ1) is 12.6. The Morgan fingerprint density at radius 3 is 2.50 bits per heavy atom. The summed E-state index contributed by atoms with van der Waals surface area (Å²) in [4.78, 5) is 10.3. The molecule has 1 fully saturated rings. The molecule has 1 N–H and O–H groups in total. The maximum Gasteiger partial charge on any atom is 0.303 e. The molecule has 2 heteroatoms. The second-order valence-corrected chi connectivity index (χ2v) is 7.60. The smallest absolute Gasteiger partial charge is 0.303 e. The van der Waals surface area contributed by atoms with Crippen LogP contribution in [0.25, 0.3) is 0 Å². The van der Waals surface area contributed by atoms with Crippen molar-refractivity contribution in [2.75, 3.05) is 0 Å². The lowest BCUT2D eigenvalue weighted by atomic mass is 9.94. The average Bonchev–Trinajstić information content (AvgIpc) is 3.04. The maximum absolute atomic E-state index is 10.3. The van der Waals surface area contributed by atoms with Crippen molar-refractivity contribution in [1.82, 2.24) is 0 Å². The van der Waals surface area contributed by atoms with Crippen LogP contribution >= 0.6 is 0 Å². The Labute approximate surface area is 160 Å². The summed E-state index contributed by atoms with van der Waals surface area (Å²) in [5.41, 5.74) is 1.47. The molecule has 0 aromatic heterocycles. The van der Waals surface area contributed by atoms with Crippen molar-refractivity contribution in [1.29, 1.82) is 0 Å². The van der Waals surface area contributed by atoms with Gasteiger partial charge in [0, 0.05) is 6.42 Å². The van der Waals surface area contributed by atoms with Gasteiger partial charge in [0.05, 0.1) is 0 Å². The van der Waals surface area contributed by atoms with Gasteiger partial charge in [-0.05, 0) is 55.9 Å².